The largest absolute Gasteiger partial charge is 0.507 e. The van der Waals surface area contributed by atoms with E-state index in [0.29, 0.717) is 5.56 Å². The van der Waals surface area contributed by atoms with Gasteiger partial charge in [0.15, 0.2) is 5.78 Å². The van der Waals surface area contributed by atoms with E-state index >= 15 is 0 Å². The van der Waals surface area contributed by atoms with Crippen LogP contribution in [0.2, 0.25) is 0 Å². The van der Waals surface area contributed by atoms with Gasteiger partial charge in [0, 0.05) is 34.2 Å². The molecule has 0 saturated carbocycles. The van der Waals surface area contributed by atoms with E-state index in [-0.39, 0.29) is 56.7 Å². The number of ketones is 2. The molecule has 5 N–H and O–H groups in total. The van der Waals surface area contributed by atoms with Crippen LogP contribution in [0.15, 0.2) is 24.3 Å². The first-order valence-electron chi connectivity index (χ1n) is 11.4. The lowest BCUT2D eigenvalue weighted by molar-refractivity contribution is -0.0217. The Morgan fingerprint density at radius 1 is 0.892 bits per heavy atom. The number of rotatable bonds is 1. The fourth-order valence-electron chi connectivity index (χ4n) is 5.67. The molecule has 3 aromatic rings. The number of esters is 1. The number of cyclic esters (lactones) is 1. The van der Waals surface area contributed by atoms with Crippen LogP contribution in [0.1, 0.15) is 78.0 Å². The molecule has 2 aliphatic carbocycles. The van der Waals surface area contributed by atoms with E-state index in [4.69, 9.17) is 9.47 Å². The maximum atomic E-state index is 13.5. The molecule has 0 bridgehead atoms. The van der Waals surface area contributed by atoms with Crippen molar-refractivity contribution in [2.75, 3.05) is 7.11 Å². The monoisotopic (exact) mass is 504 g/mol. The molecule has 6 rings (SSSR count). The summed E-state index contributed by atoms with van der Waals surface area (Å²) in [4.78, 5) is 39.7. The Morgan fingerprint density at radius 2 is 1.59 bits per heavy atom. The molecular weight excluding hydrogens is 484 g/mol. The molecule has 3 unspecified atom stereocenters. The topological polar surface area (TPSA) is 171 Å². The van der Waals surface area contributed by atoms with E-state index in [0.717, 1.165) is 0 Å². The highest BCUT2D eigenvalue weighted by molar-refractivity contribution is 6.32. The summed E-state index contributed by atoms with van der Waals surface area (Å²) < 4.78 is 10.6. The maximum absolute atomic E-state index is 13.5. The van der Waals surface area contributed by atoms with Crippen LogP contribution >= 0.6 is 0 Å². The highest BCUT2D eigenvalue weighted by Crippen LogP contribution is 2.57. The zero-order valence-corrected chi connectivity index (χ0v) is 19.5. The van der Waals surface area contributed by atoms with Gasteiger partial charge in [-0.25, -0.2) is 4.79 Å². The highest BCUT2D eigenvalue weighted by Gasteiger charge is 2.45. The van der Waals surface area contributed by atoms with Gasteiger partial charge in [-0.2, -0.15) is 0 Å². The Balaban J connectivity index is 1.73. The Morgan fingerprint density at radius 3 is 2.30 bits per heavy atom. The number of phenolic OH excluding ortho intramolecular Hbond substituents is 3. The zero-order valence-electron chi connectivity index (χ0n) is 19.5. The molecule has 3 aromatic carbocycles. The van der Waals surface area contributed by atoms with Gasteiger partial charge >= 0.3 is 5.97 Å². The molecule has 10 nitrogen and oxygen atoms in total. The normalized spacial score (nSPS) is 21.3. The lowest BCUT2D eigenvalue weighted by atomic mass is 9.74. The quantitative estimate of drug-likeness (QED) is 0.243. The molecule has 0 aromatic heterocycles. The van der Waals surface area contributed by atoms with Crippen molar-refractivity contribution >= 4 is 17.5 Å². The number of fused-ring (bicyclic) bond motifs is 6. The minimum atomic E-state index is -1.36. The Hall–Kier alpha value is -4.41. The number of aliphatic hydroxyl groups excluding tert-OH is 2. The lowest BCUT2D eigenvalue weighted by Gasteiger charge is -2.34. The second-order valence-electron chi connectivity index (χ2n) is 9.28. The number of benzene rings is 3. The number of methoxy groups -OCH3 is 1. The van der Waals surface area contributed by atoms with E-state index in [2.05, 4.69) is 0 Å². The number of hydrogen-bond acceptors (Lipinski definition) is 10. The average Bonchev–Trinajstić information content (AvgIpc) is 2.85. The molecule has 1 heterocycles. The van der Waals surface area contributed by atoms with Crippen LogP contribution in [-0.2, 0) is 11.2 Å². The number of carbonyl (C=O) groups excluding carboxylic acids is 3. The van der Waals surface area contributed by atoms with Crippen LogP contribution in [-0.4, -0.2) is 56.3 Å². The third-order valence-corrected chi connectivity index (χ3v) is 7.31. The molecule has 188 valence electrons. The van der Waals surface area contributed by atoms with Crippen LogP contribution in [0.4, 0.5) is 0 Å². The van der Waals surface area contributed by atoms with E-state index < -0.39 is 58.7 Å². The van der Waals surface area contributed by atoms with E-state index in [1.54, 1.807) is 0 Å². The van der Waals surface area contributed by atoms with Crippen molar-refractivity contribution in [2.45, 2.75) is 31.7 Å². The number of aromatic hydroxyl groups is 3. The molecular formula is C27H20O10. The smallest absolute Gasteiger partial charge is 0.342 e. The first-order valence-corrected chi connectivity index (χ1v) is 11.4. The fraction of sp³-hybridized carbons (Fsp3) is 0.222. The molecule has 0 amide bonds. The Bertz CT molecular complexity index is 1600. The SMILES string of the molecule is COc1c2c(c(O)c3c1C(O)Cc1cc4c(c(O)c1-3)C(=O)OC(C)C4O)C(=O)c1cccc(O)c1C2=O. The van der Waals surface area contributed by atoms with Gasteiger partial charge in [-0.15, -0.1) is 0 Å². The van der Waals surface area contributed by atoms with Gasteiger partial charge in [-0.3, -0.25) is 9.59 Å². The lowest BCUT2D eigenvalue weighted by Crippen LogP contribution is -2.31. The summed E-state index contributed by atoms with van der Waals surface area (Å²) >= 11 is 0. The molecule has 3 atom stereocenters. The van der Waals surface area contributed by atoms with Gasteiger partial charge in [0.25, 0.3) is 0 Å². The van der Waals surface area contributed by atoms with Gasteiger partial charge in [-0.05, 0) is 18.6 Å². The summed E-state index contributed by atoms with van der Waals surface area (Å²) in [5.41, 5.74) is -1.37. The summed E-state index contributed by atoms with van der Waals surface area (Å²) in [6.45, 7) is 1.49. The molecule has 0 fully saturated rings. The number of phenols is 3. The van der Waals surface area contributed by atoms with Crippen molar-refractivity contribution in [1.82, 2.24) is 0 Å². The van der Waals surface area contributed by atoms with Gasteiger partial charge in [-0.1, -0.05) is 18.2 Å². The first-order chi connectivity index (χ1) is 17.6. The molecule has 0 saturated heterocycles. The summed E-state index contributed by atoms with van der Waals surface area (Å²) in [6.07, 6.45) is -3.60. The van der Waals surface area contributed by atoms with Crippen LogP contribution in [0, 0.1) is 0 Å². The van der Waals surface area contributed by atoms with Crippen LogP contribution in [0.5, 0.6) is 23.0 Å². The van der Waals surface area contributed by atoms with Gasteiger partial charge in [0.05, 0.1) is 29.9 Å². The first kappa shape index (κ1) is 23.0. The highest BCUT2D eigenvalue weighted by atomic mass is 16.6. The maximum Gasteiger partial charge on any atom is 0.342 e. The third kappa shape index (κ3) is 2.79. The second-order valence-corrected chi connectivity index (χ2v) is 9.28. The van der Waals surface area contributed by atoms with Crippen LogP contribution in [0.25, 0.3) is 11.1 Å². The molecule has 1 aliphatic heterocycles. The fourth-order valence-corrected chi connectivity index (χ4v) is 5.67. The van der Waals surface area contributed by atoms with Crippen LogP contribution in [0.3, 0.4) is 0 Å². The average molecular weight is 504 g/mol. The minimum Gasteiger partial charge on any atom is -0.507 e. The summed E-state index contributed by atoms with van der Waals surface area (Å²) in [5.74, 6) is -4.40. The minimum absolute atomic E-state index is 0.0571. The standard InChI is InChI=1S/C27H20O10/c1-8-21(30)11-6-9-7-13(29)17-18(14(9)23(32)16(11)27(35)37-8)25(34)19-20(26(17)36-2)24(33)15-10(22(19)31)4-3-5-12(15)28/h3-6,8,13,21,28-30,32,34H,7H2,1-2H3. The van der Waals surface area contributed by atoms with E-state index in [1.165, 1.54) is 38.3 Å². The van der Waals surface area contributed by atoms with Crippen molar-refractivity contribution in [1.29, 1.82) is 0 Å². The number of aliphatic hydroxyl groups is 2. The van der Waals surface area contributed by atoms with Gasteiger partial charge < -0.3 is 35.0 Å². The second kappa shape index (κ2) is 7.55. The van der Waals surface area contributed by atoms with Crippen molar-refractivity contribution in [3.8, 4) is 34.1 Å². The van der Waals surface area contributed by atoms with Crippen molar-refractivity contribution in [3.05, 3.63) is 68.8 Å². The molecule has 0 spiro atoms. The zero-order chi connectivity index (χ0) is 26.5. The van der Waals surface area contributed by atoms with Gasteiger partial charge in [0.1, 0.15) is 40.8 Å². The van der Waals surface area contributed by atoms with Crippen molar-refractivity contribution < 1.29 is 49.4 Å². The Labute approximate surface area is 208 Å². The van der Waals surface area contributed by atoms with Gasteiger partial charge in [0.2, 0.25) is 5.78 Å². The predicted molar refractivity (Wildman–Crippen MR) is 125 cm³/mol. The van der Waals surface area contributed by atoms with Crippen molar-refractivity contribution in [2.24, 2.45) is 0 Å². The number of carbonyl (C=O) groups is 3. The van der Waals surface area contributed by atoms with E-state index in [9.17, 15) is 39.9 Å². The molecule has 3 aliphatic rings. The van der Waals surface area contributed by atoms with Crippen LogP contribution < -0.4 is 4.74 Å². The summed E-state index contributed by atoms with van der Waals surface area (Å²) in [7, 11) is 1.22. The third-order valence-electron chi connectivity index (χ3n) is 7.31. The van der Waals surface area contributed by atoms with E-state index in [1.807, 2.05) is 0 Å². The Kier molecular flexibility index (Phi) is 4.69. The molecule has 0 radical (unpaired) electrons. The predicted octanol–water partition coefficient (Wildman–Crippen LogP) is 2.44. The molecule has 37 heavy (non-hydrogen) atoms. The number of hydrogen-bond donors (Lipinski definition) is 5. The summed E-state index contributed by atoms with van der Waals surface area (Å²) in [5, 5.41) is 54.8. The summed E-state index contributed by atoms with van der Waals surface area (Å²) in [6, 6.07) is 5.41. The number of ether oxygens (including phenoxy) is 2. The molecule has 10 heteroatoms. The van der Waals surface area contributed by atoms with Crippen molar-refractivity contribution in [3.63, 3.8) is 0 Å².